The van der Waals surface area contributed by atoms with Crippen molar-refractivity contribution in [2.75, 3.05) is 36.7 Å². The lowest BCUT2D eigenvalue weighted by molar-refractivity contribution is 0.262. The lowest BCUT2D eigenvalue weighted by atomic mass is 10.2. The maximum absolute atomic E-state index is 13.2. The molecule has 0 fully saturated rings. The highest BCUT2D eigenvalue weighted by Gasteiger charge is 2.11. The van der Waals surface area contributed by atoms with Crippen molar-refractivity contribution >= 4 is 44.9 Å². The van der Waals surface area contributed by atoms with Gasteiger partial charge in [-0.2, -0.15) is 0 Å². The van der Waals surface area contributed by atoms with Gasteiger partial charge in [-0.05, 0) is 24.3 Å². The Kier molecular flexibility index (Phi) is 6.79. The van der Waals surface area contributed by atoms with Crippen LogP contribution in [0, 0.1) is 5.82 Å². The summed E-state index contributed by atoms with van der Waals surface area (Å²) in [6.45, 7) is 0.595. The van der Waals surface area contributed by atoms with Crippen LogP contribution in [-0.2, 0) is 6.42 Å². The molecule has 0 unspecified atom stereocenters. The molecule has 9 nitrogen and oxygen atoms in total. The average molecular weight is 469 g/mol. The van der Waals surface area contributed by atoms with Gasteiger partial charge in [0.25, 0.3) is 0 Å². The highest BCUT2D eigenvalue weighted by molar-refractivity contribution is 7.15. The Hall–Kier alpha value is -3.99. The number of ether oxygens (including phenoxy) is 2. The molecule has 33 heavy (non-hydrogen) atoms. The van der Waals surface area contributed by atoms with Crippen LogP contribution in [0.2, 0.25) is 0 Å². The van der Waals surface area contributed by atoms with Gasteiger partial charge in [-0.25, -0.2) is 24.1 Å². The molecule has 0 aliphatic carbocycles. The first kappa shape index (κ1) is 22.2. The molecule has 0 bridgehead atoms. The van der Waals surface area contributed by atoms with Gasteiger partial charge < -0.3 is 20.1 Å². The van der Waals surface area contributed by atoms with Crippen molar-refractivity contribution in [3.63, 3.8) is 0 Å². The summed E-state index contributed by atoms with van der Waals surface area (Å²) in [5, 5.41) is 9.80. The van der Waals surface area contributed by atoms with Gasteiger partial charge in [0, 0.05) is 41.2 Å². The summed E-state index contributed by atoms with van der Waals surface area (Å²) in [6, 6.07) is 8.82. The number of thiazole rings is 1. The number of aromatic nitrogens is 3. The summed E-state index contributed by atoms with van der Waals surface area (Å²) in [5.41, 5.74) is 1.10. The van der Waals surface area contributed by atoms with Crippen molar-refractivity contribution in [2.45, 2.75) is 6.42 Å². The number of methoxy groups -OCH3 is 2. The summed E-state index contributed by atoms with van der Waals surface area (Å²) >= 11 is 1.36. The predicted octanol–water partition coefficient (Wildman–Crippen LogP) is 4.54. The van der Waals surface area contributed by atoms with Crippen molar-refractivity contribution in [3.05, 3.63) is 59.6 Å². The van der Waals surface area contributed by atoms with Gasteiger partial charge in [0.2, 0.25) is 0 Å². The second-order valence-electron chi connectivity index (χ2n) is 6.84. The number of rotatable bonds is 8. The molecular formula is C22H21FN6O3S. The van der Waals surface area contributed by atoms with Gasteiger partial charge in [-0.3, -0.25) is 5.32 Å². The number of nitrogens with one attached hydrogen (secondary N) is 3. The summed E-state index contributed by atoms with van der Waals surface area (Å²) < 4.78 is 23.9. The van der Waals surface area contributed by atoms with Crippen LogP contribution in [0.5, 0.6) is 11.5 Å². The fourth-order valence-electron chi connectivity index (χ4n) is 3.13. The van der Waals surface area contributed by atoms with E-state index in [1.807, 2.05) is 6.07 Å². The molecule has 11 heteroatoms. The quantitative estimate of drug-likeness (QED) is 0.348. The second kappa shape index (κ2) is 10.1. The molecule has 0 atom stereocenters. The van der Waals surface area contributed by atoms with Crippen LogP contribution in [-0.4, -0.2) is 41.7 Å². The third-order valence-corrected chi connectivity index (χ3v) is 5.63. The summed E-state index contributed by atoms with van der Waals surface area (Å²) in [6.07, 6.45) is 3.86. The van der Waals surface area contributed by atoms with Crippen LogP contribution in [0.25, 0.3) is 10.9 Å². The summed E-state index contributed by atoms with van der Waals surface area (Å²) in [7, 11) is 3.15. The lowest BCUT2D eigenvalue weighted by Crippen LogP contribution is -2.19. The first-order valence-corrected chi connectivity index (χ1v) is 10.8. The monoisotopic (exact) mass is 468 g/mol. The maximum atomic E-state index is 13.2. The third kappa shape index (κ3) is 5.44. The van der Waals surface area contributed by atoms with E-state index in [1.54, 1.807) is 32.5 Å². The smallest absolute Gasteiger partial charge is 0.325 e. The molecule has 3 N–H and O–H groups in total. The van der Waals surface area contributed by atoms with Crippen molar-refractivity contribution in [1.29, 1.82) is 0 Å². The van der Waals surface area contributed by atoms with Crippen LogP contribution < -0.4 is 25.4 Å². The minimum Gasteiger partial charge on any atom is -0.493 e. The van der Waals surface area contributed by atoms with Gasteiger partial charge in [0.05, 0.1) is 19.7 Å². The maximum Gasteiger partial charge on any atom is 0.325 e. The molecule has 2 aromatic carbocycles. The van der Waals surface area contributed by atoms with Crippen molar-refractivity contribution in [1.82, 2.24) is 15.0 Å². The van der Waals surface area contributed by atoms with Crippen LogP contribution in [0.1, 0.15) is 4.88 Å². The minimum atomic E-state index is -0.489. The van der Waals surface area contributed by atoms with Crippen LogP contribution in [0.3, 0.4) is 0 Å². The van der Waals surface area contributed by atoms with E-state index in [2.05, 4.69) is 30.9 Å². The molecule has 0 spiro atoms. The zero-order chi connectivity index (χ0) is 23.2. The first-order chi connectivity index (χ1) is 16.1. The van der Waals surface area contributed by atoms with E-state index in [0.717, 1.165) is 15.8 Å². The number of hydrogen-bond acceptors (Lipinski definition) is 8. The van der Waals surface area contributed by atoms with Crippen LogP contribution in [0.15, 0.2) is 48.9 Å². The molecule has 0 saturated heterocycles. The van der Waals surface area contributed by atoms with E-state index in [-0.39, 0.29) is 0 Å². The van der Waals surface area contributed by atoms with Crippen molar-refractivity contribution in [2.24, 2.45) is 0 Å². The molecule has 0 radical (unpaired) electrons. The number of urea groups is 1. The molecule has 2 amide bonds. The number of benzene rings is 2. The number of nitrogens with zero attached hydrogens (tertiary/aromatic N) is 3. The van der Waals surface area contributed by atoms with Gasteiger partial charge >= 0.3 is 6.03 Å². The highest BCUT2D eigenvalue weighted by atomic mass is 32.1. The third-order valence-electron chi connectivity index (χ3n) is 4.66. The first-order valence-electron chi connectivity index (χ1n) is 9.94. The van der Waals surface area contributed by atoms with E-state index in [0.29, 0.717) is 41.1 Å². The lowest BCUT2D eigenvalue weighted by Gasteiger charge is -2.11. The van der Waals surface area contributed by atoms with E-state index in [1.165, 1.54) is 35.9 Å². The minimum absolute atomic E-state index is 0.361. The van der Waals surface area contributed by atoms with Crippen LogP contribution in [0.4, 0.5) is 25.8 Å². The Morgan fingerprint density at radius 1 is 1.06 bits per heavy atom. The number of hydrogen-bond donors (Lipinski definition) is 3. The van der Waals surface area contributed by atoms with Crippen molar-refractivity contribution < 1.29 is 18.7 Å². The van der Waals surface area contributed by atoms with Gasteiger partial charge in [-0.1, -0.05) is 6.07 Å². The molecule has 0 saturated carbocycles. The summed E-state index contributed by atoms with van der Waals surface area (Å²) in [4.78, 5) is 25.9. The van der Waals surface area contributed by atoms with E-state index in [9.17, 15) is 9.18 Å². The Labute approximate surface area is 193 Å². The number of amides is 2. The fourth-order valence-corrected chi connectivity index (χ4v) is 3.94. The highest BCUT2D eigenvalue weighted by Crippen LogP contribution is 2.33. The number of carbonyl (C=O) groups excluding carboxylic acids is 1. The Morgan fingerprint density at radius 2 is 1.88 bits per heavy atom. The largest absolute Gasteiger partial charge is 0.493 e. The normalized spacial score (nSPS) is 10.6. The Morgan fingerprint density at radius 3 is 2.67 bits per heavy atom. The molecular weight excluding hydrogens is 447 g/mol. The van der Waals surface area contributed by atoms with Gasteiger partial charge in [0.1, 0.15) is 18.0 Å². The second-order valence-corrected chi connectivity index (χ2v) is 7.96. The number of fused-ring (bicyclic) bond motifs is 1. The molecule has 4 rings (SSSR count). The predicted molar refractivity (Wildman–Crippen MR) is 126 cm³/mol. The molecule has 0 aliphatic rings. The van der Waals surface area contributed by atoms with E-state index >= 15 is 0 Å². The van der Waals surface area contributed by atoms with Crippen LogP contribution >= 0.6 is 11.3 Å². The zero-order valence-corrected chi connectivity index (χ0v) is 18.7. The standard InChI is InChI=1S/C22H21FN6O3S/c1-31-18-9-16-17(10-19(18)32-2)26-12-27-20(16)24-7-6-15-11-25-22(33-15)29-21(30)28-14-5-3-4-13(23)8-14/h3-5,8-12H,6-7H2,1-2H3,(H,24,26,27)(H2,25,28,29,30). The van der Waals surface area contributed by atoms with Crippen molar-refractivity contribution in [3.8, 4) is 11.5 Å². The topological polar surface area (TPSA) is 110 Å². The molecule has 2 heterocycles. The van der Waals surface area contributed by atoms with Gasteiger partial charge in [-0.15, -0.1) is 11.3 Å². The van der Waals surface area contributed by atoms with Gasteiger partial charge in [0.15, 0.2) is 16.6 Å². The molecule has 4 aromatic rings. The fraction of sp³-hybridized carbons (Fsp3) is 0.182. The SMILES string of the molecule is COc1cc2ncnc(NCCc3cnc(NC(=O)Nc4cccc(F)c4)s3)c2cc1OC. The molecule has 170 valence electrons. The van der Waals surface area contributed by atoms with E-state index in [4.69, 9.17) is 9.47 Å². The number of anilines is 3. The zero-order valence-electron chi connectivity index (χ0n) is 17.9. The molecule has 0 aliphatic heterocycles. The Bertz CT molecular complexity index is 1280. The number of halogens is 1. The number of carbonyl (C=O) groups is 1. The summed E-state index contributed by atoms with van der Waals surface area (Å²) in [5.74, 6) is 1.45. The van der Waals surface area contributed by atoms with E-state index < -0.39 is 11.8 Å². The average Bonchev–Trinajstić information content (AvgIpc) is 3.25. The Balaban J connectivity index is 1.35. The molecule has 2 aromatic heterocycles.